The maximum absolute atomic E-state index is 5.80. The first kappa shape index (κ1) is 14.9. The minimum absolute atomic E-state index is 0.562. The van der Waals surface area contributed by atoms with Crippen LogP contribution in [-0.4, -0.2) is 43.7 Å². The Kier molecular flexibility index (Phi) is 4.81. The van der Waals surface area contributed by atoms with Gasteiger partial charge in [0.15, 0.2) is 0 Å². The molecule has 0 aromatic heterocycles. The number of para-hydroxylation sites is 1. The number of piperidine rings is 1. The maximum Gasteiger partial charge on any atom is 0.122 e. The van der Waals surface area contributed by atoms with Crippen LogP contribution < -0.4 is 10.1 Å². The summed E-state index contributed by atoms with van der Waals surface area (Å²) in [6.07, 6.45) is 2.66. The van der Waals surface area contributed by atoms with Crippen LogP contribution in [0.15, 0.2) is 24.3 Å². The number of rotatable bonds is 5. The van der Waals surface area contributed by atoms with Gasteiger partial charge < -0.3 is 15.0 Å². The van der Waals surface area contributed by atoms with Crippen LogP contribution >= 0.6 is 0 Å². The predicted octanol–water partition coefficient (Wildman–Crippen LogP) is 2.87. The van der Waals surface area contributed by atoms with Gasteiger partial charge in [0.25, 0.3) is 0 Å². The predicted molar refractivity (Wildman–Crippen MR) is 87.0 cm³/mol. The first-order valence-electron chi connectivity index (χ1n) is 8.40. The van der Waals surface area contributed by atoms with E-state index >= 15 is 0 Å². The topological polar surface area (TPSA) is 24.5 Å². The Bertz CT molecular complexity index is 452. The molecule has 0 saturated carbocycles. The van der Waals surface area contributed by atoms with Crippen LogP contribution in [0.25, 0.3) is 0 Å². The van der Waals surface area contributed by atoms with Gasteiger partial charge in [-0.25, -0.2) is 0 Å². The van der Waals surface area contributed by atoms with Crippen molar-refractivity contribution in [3.05, 3.63) is 29.8 Å². The Morgan fingerprint density at radius 1 is 1.24 bits per heavy atom. The Morgan fingerprint density at radius 2 is 2.00 bits per heavy atom. The zero-order valence-electron chi connectivity index (χ0n) is 13.3. The second kappa shape index (κ2) is 6.80. The molecule has 0 amide bonds. The van der Waals surface area contributed by atoms with E-state index in [0.717, 1.165) is 24.8 Å². The molecule has 3 heteroatoms. The van der Waals surface area contributed by atoms with Crippen LogP contribution in [0.3, 0.4) is 0 Å². The summed E-state index contributed by atoms with van der Waals surface area (Å²) in [4.78, 5) is 2.63. The standard InChI is InChI=1S/C18H28N2O/c1-14(2)19-11-15-7-9-20(10-8-15)12-16-13-21-18-6-4-3-5-17(16)18/h3-6,14-16,19H,7-13H2,1-2H3. The van der Waals surface area contributed by atoms with Crippen molar-refractivity contribution < 1.29 is 4.74 Å². The second-order valence-corrected chi connectivity index (χ2v) is 6.85. The lowest BCUT2D eigenvalue weighted by Crippen LogP contribution is -2.40. The largest absolute Gasteiger partial charge is 0.493 e. The Hall–Kier alpha value is -1.06. The first-order chi connectivity index (χ1) is 10.2. The summed E-state index contributed by atoms with van der Waals surface area (Å²) >= 11 is 0. The van der Waals surface area contributed by atoms with E-state index in [-0.39, 0.29) is 0 Å². The smallest absolute Gasteiger partial charge is 0.122 e. The molecule has 1 unspecified atom stereocenters. The van der Waals surface area contributed by atoms with Gasteiger partial charge in [-0.2, -0.15) is 0 Å². The van der Waals surface area contributed by atoms with E-state index in [4.69, 9.17) is 4.74 Å². The zero-order chi connectivity index (χ0) is 14.7. The number of hydrogen-bond acceptors (Lipinski definition) is 3. The highest BCUT2D eigenvalue weighted by Gasteiger charge is 2.27. The van der Waals surface area contributed by atoms with Gasteiger partial charge in [0, 0.05) is 24.1 Å². The van der Waals surface area contributed by atoms with E-state index in [2.05, 4.69) is 48.3 Å². The van der Waals surface area contributed by atoms with Gasteiger partial charge in [-0.1, -0.05) is 32.0 Å². The molecule has 1 N–H and O–H groups in total. The van der Waals surface area contributed by atoms with Crippen LogP contribution in [0.4, 0.5) is 0 Å². The number of nitrogens with one attached hydrogen (secondary N) is 1. The van der Waals surface area contributed by atoms with Crippen LogP contribution in [0.2, 0.25) is 0 Å². The highest BCUT2D eigenvalue weighted by atomic mass is 16.5. The third-order valence-corrected chi connectivity index (χ3v) is 4.80. The molecule has 1 saturated heterocycles. The third-order valence-electron chi connectivity index (χ3n) is 4.80. The fourth-order valence-corrected chi connectivity index (χ4v) is 3.47. The lowest BCUT2D eigenvalue weighted by atomic mass is 9.94. The summed E-state index contributed by atoms with van der Waals surface area (Å²) < 4.78 is 5.80. The SMILES string of the molecule is CC(C)NCC1CCN(CC2COc3ccccc32)CC1. The highest BCUT2D eigenvalue weighted by molar-refractivity contribution is 5.39. The summed E-state index contributed by atoms with van der Waals surface area (Å²) in [6.45, 7) is 10.1. The normalized spacial score (nSPS) is 23.3. The van der Waals surface area contributed by atoms with Gasteiger partial charge in [0.05, 0.1) is 6.61 Å². The quantitative estimate of drug-likeness (QED) is 0.901. The molecule has 2 heterocycles. The van der Waals surface area contributed by atoms with Crippen LogP contribution in [0.1, 0.15) is 38.2 Å². The van der Waals surface area contributed by atoms with E-state index in [1.165, 1.54) is 38.0 Å². The molecular weight excluding hydrogens is 260 g/mol. The summed E-state index contributed by atoms with van der Waals surface area (Å²) in [5, 5.41) is 3.58. The molecule has 2 aliphatic heterocycles. The molecule has 1 aromatic carbocycles. The molecule has 0 aliphatic carbocycles. The fraction of sp³-hybridized carbons (Fsp3) is 0.667. The number of hydrogen-bond donors (Lipinski definition) is 1. The molecule has 3 nitrogen and oxygen atoms in total. The van der Waals surface area contributed by atoms with Crippen molar-refractivity contribution in [3.63, 3.8) is 0 Å². The number of likely N-dealkylation sites (tertiary alicyclic amines) is 1. The first-order valence-corrected chi connectivity index (χ1v) is 8.40. The highest BCUT2D eigenvalue weighted by Crippen LogP contribution is 2.34. The molecule has 1 atom stereocenters. The van der Waals surface area contributed by atoms with Gasteiger partial charge in [0.2, 0.25) is 0 Å². The van der Waals surface area contributed by atoms with E-state index in [9.17, 15) is 0 Å². The molecule has 0 bridgehead atoms. The van der Waals surface area contributed by atoms with Gasteiger partial charge in [-0.3, -0.25) is 0 Å². The Balaban J connectivity index is 1.46. The monoisotopic (exact) mass is 288 g/mol. The molecule has 0 radical (unpaired) electrons. The van der Waals surface area contributed by atoms with E-state index in [1.54, 1.807) is 0 Å². The third kappa shape index (κ3) is 3.78. The van der Waals surface area contributed by atoms with Gasteiger partial charge in [0.1, 0.15) is 5.75 Å². The summed E-state index contributed by atoms with van der Waals surface area (Å²) in [6, 6.07) is 9.12. The Morgan fingerprint density at radius 3 is 2.76 bits per heavy atom. The van der Waals surface area contributed by atoms with E-state index < -0.39 is 0 Å². The number of ether oxygens (including phenoxy) is 1. The number of nitrogens with zero attached hydrogens (tertiary/aromatic N) is 1. The zero-order valence-corrected chi connectivity index (χ0v) is 13.3. The van der Waals surface area contributed by atoms with E-state index in [0.29, 0.717) is 12.0 Å². The average molecular weight is 288 g/mol. The van der Waals surface area contributed by atoms with Gasteiger partial charge in [-0.15, -0.1) is 0 Å². The van der Waals surface area contributed by atoms with Crippen LogP contribution in [-0.2, 0) is 0 Å². The van der Waals surface area contributed by atoms with Crippen LogP contribution in [0, 0.1) is 5.92 Å². The van der Waals surface area contributed by atoms with Crippen molar-refractivity contribution in [2.75, 3.05) is 32.8 Å². The molecule has 116 valence electrons. The van der Waals surface area contributed by atoms with Crippen molar-refractivity contribution in [1.82, 2.24) is 10.2 Å². The molecular formula is C18H28N2O. The van der Waals surface area contributed by atoms with Crippen molar-refractivity contribution in [2.24, 2.45) is 5.92 Å². The Labute approximate surface area is 128 Å². The van der Waals surface area contributed by atoms with Crippen molar-refractivity contribution >= 4 is 0 Å². The van der Waals surface area contributed by atoms with Gasteiger partial charge in [-0.05, 0) is 44.5 Å². The molecule has 2 aliphatic rings. The average Bonchev–Trinajstić information content (AvgIpc) is 2.90. The fourth-order valence-electron chi connectivity index (χ4n) is 3.47. The van der Waals surface area contributed by atoms with E-state index in [1.807, 2.05) is 0 Å². The summed E-state index contributed by atoms with van der Waals surface area (Å²) in [5.74, 6) is 2.51. The van der Waals surface area contributed by atoms with Crippen molar-refractivity contribution in [1.29, 1.82) is 0 Å². The second-order valence-electron chi connectivity index (χ2n) is 6.85. The molecule has 1 fully saturated rings. The lowest BCUT2D eigenvalue weighted by molar-refractivity contribution is 0.164. The maximum atomic E-state index is 5.80. The van der Waals surface area contributed by atoms with Gasteiger partial charge >= 0.3 is 0 Å². The lowest BCUT2D eigenvalue weighted by Gasteiger charge is -2.33. The van der Waals surface area contributed by atoms with Crippen LogP contribution in [0.5, 0.6) is 5.75 Å². The molecule has 1 aromatic rings. The summed E-state index contributed by atoms with van der Waals surface area (Å²) in [5.41, 5.74) is 1.40. The molecule has 3 rings (SSSR count). The van der Waals surface area contributed by atoms with Crippen molar-refractivity contribution in [2.45, 2.75) is 38.6 Å². The number of fused-ring (bicyclic) bond motifs is 1. The molecule has 0 spiro atoms. The minimum atomic E-state index is 0.562. The summed E-state index contributed by atoms with van der Waals surface area (Å²) in [7, 11) is 0. The van der Waals surface area contributed by atoms with Crippen molar-refractivity contribution in [3.8, 4) is 5.75 Å². The molecule has 21 heavy (non-hydrogen) atoms. The minimum Gasteiger partial charge on any atom is -0.493 e. The number of benzene rings is 1.